The van der Waals surface area contributed by atoms with Crippen molar-refractivity contribution in [1.82, 2.24) is 10.0 Å². The zero-order valence-electron chi connectivity index (χ0n) is 9.54. The fraction of sp³-hybridized carbons (Fsp3) is 0. The SMILES string of the molecule is O=C1c2ccccc2C(=O)N1Oc1ccncc1Cl. The molecule has 0 N–H and O–H groups in total. The minimum absolute atomic E-state index is 0.200. The van der Waals surface area contributed by atoms with Gasteiger partial charge in [-0.3, -0.25) is 14.6 Å². The Morgan fingerprint density at radius 2 is 1.68 bits per heavy atom. The van der Waals surface area contributed by atoms with Crippen molar-refractivity contribution in [3.8, 4) is 5.75 Å². The van der Waals surface area contributed by atoms with Crippen LogP contribution in [-0.4, -0.2) is 21.9 Å². The van der Waals surface area contributed by atoms with Gasteiger partial charge in [-0.25, -0.2) is 0 Å². The highest BCUT2D eigenvalue weighted by Gasteiger charge is 2.37. The van der Waals surface area contributed by atoms with Gasteiger partial charge in [-0.15, -0.1) is 0 Å². The first-order chi connectivity index (χ1) is 9.18. The van der Waals surface area contributed by atoms with Crippen molar-refractivity contribution in [3.05, 3.63) is 58.9 Å². The summed E-state index contributed by atoms with van der Waals surface area (Å²) in [4.78, 5) is 33.2. The van der Waals surface area contributed by atoms with Crippen molar-refractivity contribution in [3.63, 3.8) is 0 Å². The lowest BCUT2D eigenvalue weighted by molar-refractivity contribution is -0.0140. The van der Waals surface area contributed by atoms with Gasteiger partial charge in [-0.05, 0) is 12.1 Å². The number of hydrogen-bond donors (Lipinski definition) is 0. The Bertz CT molecular complexity index is 652. The molecule has 0 aliphatic carbocycles. The molecule has 2 aromatic rings. The summed E-state index contributed by atoms with van der Waals surface area (Å²) in [6.07, 6.45) is 2.83. The molecule has 1 aromatic heterocycles. The van der Waals surface area contributed by atoms with Crippen LogP contribution < -0.4 is 4.84 Å². The van der Waals surface area contributed by atoms with Crippen molar-refractivity contribution in [2.24, 2.45) is 0 Å². The monoisotopic (exact) mass is 274 g/mol. The molecule has 94 valence electrons. The minimum atomic E-state index is -0.506. The van der Waals surface area contributed by atoms with Crippen LogP contribution in [0.5, 0.6) is 5.75 Å². The first-order valence-corrected chi connectivity index (χ1v) is 5.81. The number of imide groups is 1. The molecular weight excluding hydrogens is 268 g/mol. The number of amides is 2. The van der Waals surface area contributed by atoms with E-state index in [4.69, 9.17) is 16.4 Å². The summed E-state index contributed by atoms with van der Waals surface area (Å²) >= 11 is 5.87. The minimum Gasteiger partial charge on any atom is -0.367 e. The Morgan fingerprint density at radius 1 is 1.05 bits per heavy atom. The van der Waals surface area contributed by atoms with Crippen LogP contribution in [0.1, 0.15) is 20.7 Å². The van der Waals surface area contributed by atoms with Gasteiger partial charge in [0.15, 0.2) is 5.75 Å². The molecule has 1 aliphatic heterocycles. The molecule has 3 rings (SSSR count). The van der Waals surface area contributed by atoms with Crippen LogP contribution in [0.15, 0.2) is 42.7 Å². The van der Waals surface area contributed by atoms with Crippen LogP contribution in [0.4, 0.5) is 0 Å². The molecule has 0 radical (unpaired) electrons. The van der Waals surface area contributed by atoms with E-state index in [1.807, 2.05) is 0 Å². The Kier molecular flexibility index (Phi) is 2.68. The van der Waals surface area contributed by atoms with E-state index in [0.29, 0.717) is 16.2 Å². The molecule has 0 spiro atoms. The molecule has 0 fully saturated rings. The van der Waals surface area contributed by atoms with Crippen molar-refractivity contribution in [2.45, 2.75) is 0 Å². The van der Waals surface area contributed by atoms with Gasteiger partial charge >= 0.3 is 0 Å². The maximum Gasteiger partial charge on any atom is 0.295 e. The molecular formula is C13H7ClN2O3. The Labute approximate surface area is 113 Å². The van der Waals surface area contributed by atoms with E-state index in [1.54, 1.807) is 24.3 Å². The van der Waals surface area contributed by atoms with Crippen molar-refractivity contribution in [2.75, 3.05) is 0 Å². The Balaban J connectivity index is 1.95. The molecule has 5 nitrogen and oxygen atoms in total. The number of nitrogens with zero attached hydrogens (tertiary/aromatic N) is 2. The Morgan fingerprint density at radius 3 is 2.26 bits per heavy atom. The number of fused-ring (bicyclic) bond motifs is 1. The fourth-order valence-electron chi connectivity index (χ4n) is 1.78. The maximum atomic E-state index is 12.0. The summed E-state index contributed by atoms with van der Waals surface area (Å²) in [6.45, 7) is 0. The second-order valence-electron chi connectivity index (χ2n) is 3.85. The first kappa shape index (κ1) is 11.7. The highest BCUT2D eigenvalue weighted by molar-refractivity contribution is 6.32. The third-order valence-electron chi connectivity index (χ3n) is 2.68. The van der Waals surface area contributed by atoms with E-state index < -0.39 is 11.8 Å². The lowest BCUT2D eigenvalue weighted by Crippen LogP contribution is -2.33. The summed E-state index contributed by atoms with van der Waals surface area (Å²) in [5.41, 5.74) is 0.635. The van der Waals surface area contributed by atoms with E-state index in [-0.39, 0.29) is 10.8 Å². The zero-order chi connectivity index (χ0) is 13.4. The van der Waals surface area contributed by atoms with E-state index in [1.165, 1.54) is 18.5 Å². The molecule has 19 heavy (non-hydrogen) atoms. The number of aromatic nitrogens is 1. The van der Waals surface area contributed by atoms with Crippen LogP contribution in [0.3, 0.4) is 0 Å². The number of hydroxylamine groups is 2. The molecule has 0 bridgehead atoms. The van der Waals surface area contributed by atoms with Crippen molar-refractivity contribution >= 4 is 23.4 Å². The van der Waals surface area contributed by atoms with Crippen LogP contribution in [0.25, 0.3) is 0 Å². The second kappa shape index (κ2) is 4.37. The number of rotatable bonds is 2. The van der Waals surface area contributed by atoms with Gasteiger partial charge in [0.25, 0.3) is 11.8 Å². The van der Waals surface area contributed by atoms with Crippen LogP contribution in [0, 0.1) is 0 Å². The summed E-state index contributed by atoms with van der Waals surface area (Å²) in [7, 11) is 0. The second-order valence-corrected chi connectivity index (χ2v) is 4.25. The van der Waals surface area contributed by atoms with Crippen LogP contribution in [-0.2, 0) is 0 Å². The fourth-order valence-corrected chi connectivity index (χ4v) is 1.94. The normalized spacial score (nSPS) is 13.6. The highest BCUT2D eigenvalue weighted by Crippen LogP contribution is 2.28. The van der Waals surface area contributed by atoms with Gasteiger partial charge in [0.05, 0.1) is 11.1 Å². The molecule has 1 aliphatic rings. The zero-order valence-corrected chi connectivity index (χ0v) is 10.3. The van der Waals surface area contributed by atoms with Gasteiger partial charge in [0.2, 0.25) is 0 Å². The first-order valence-electron chi connectivity index (χ1n) is 5.44. The number of hydrogen-bond acceptors (Lipinski definition) is 4. The topological polar surface area (TPSA) is 59.5 Å². The van der Waals surface area contributed by atoms with E-state index in [9.17, 15) is 9.59 Å². The maximum absolute atomic E-state index is 12.0. The van der Waals surface area contributed by atoms with E-state index in [0.717, 1.165) is 0 Å². The van der Waals surface area contributed by atoms with E-state index in [2.05, 4.69) is 4.98 Å². The predicted octanol–water partition coefficient (Wildman–Crippen LogP) is 2.33. The van der Waals surface area contributed by atoms with Crippen LogP contribution >= 0.6 is 11.6 Å². The lowest BCUT2D eigenvalue weighted by atomic mass is 10.1. The summed E-state index contributed by atoms with van der Waals surface area (Å²) in [6, 6.07) is 8.01. The van der Waals surface area contributed by atoms with Gasteiger partial charge < -0.3 is 4.84 Å². The van der Waals surface area contributed by atoms with Gasteiger partial charge in [0, 0.05) is 18.5 Å². The Hall–Kier alpha value is -2.40. The smallest absolute Gasteiger partial charge is 0.295 e. The van der Waals surface area contributed by atoms with Crippen LogP contribution in [0.2, 0.25) is 5.02 Å². The number of halogens is 1. The molecule has 0 atom stereocenters. The standard InChI is InChI=1S/C13H7ClN2O3/c14-10-7-15-6-5-11(10)19-16-12(17)8-3-1-2-4-9(8)13(16)18/h1-7H. The average Bonchev–Trinajstić information content (AvgIpc) is 2.67. The lowest BCUT2D eigenvalue weighted by Gasteiger charge is -2.14. The summed E-state index contributed by atoms with van der Waals surface area (Å²) < 4.78 is 0. The summed E-state index contributed by atoms with van der Waals surface area (Å²) in [5, 5.41) is 0.922. The molecule has 0 unspecified atom stereocenters. The van der Waals surface area contributed by atoms with Crippen molar-refractivity contribution in [1.29, 1.82) is 0 Å². The molecule has 6 heteroatoms. The average molecular weight is 275 g/mol. The molecule has 0 saturated carbocycles. The number of benzene rings is 1. The predicted molar refractivity (Wildman–Crippen MR) is 66.8 cm³/mol. The molecule has 0 saturated heterocycles. The third kappa shape index (κ3) is 1.84. The number of carbonyl (C=O) groups is 2. The number of carbonyl (C=O) groups excluding carboxylic acids is 2. The quantitative estimate of drug-likeness (QED) is 0.789. The molecule has 2 heterocycles. The highest BCUT2D eigenvalue weighted by atomic mass is 35.5. The van der Waals surface area contributed by atoms with E-state index >= 15 is 0 Å². The van der Waals surface area contributed by atoms with Crippen molar-refractivity contribution < 1.29 is 14.4 Å². The van der Waals surface area contributed by atoms with Gasteiger partial charge in [-0.2, -0.15) is 0 Å². The van der Waals surface area contributed by atoms with Gasteiger partial charge in [-0.1, -0.05) is 28.8 Å². The largest absolute Gasteiger partial charge is 0.367 e. The number of pyridine rings is 1. The molecule has 1 aromatic carbocycles. The molecule has 2 amide bonds. The van der Waals surface area contributed by atoms with Gasteiger partial charge in [0.1, 0.15) is 5.02 Å². The summed E-state index contributed by atoms with van der Waals surface area (Å²) in [5.74, 6) is -0.812. The third-order valence-corrected chi connectivity index (χ3v) is 2.97.